The average Bonchev–Trinajstić information content (AvgIpc) is 3.15. The predicted octanol–water partition coefficient (Wildman–Crippen LogP) is 10.5. The van der Waals surface area contributed by atoms with Crippen molar-refractivity contribution in [1.82, 2.24) is 0 Å². The molecule has 0 saturated heterocycles. The van der Waals surface area contributed by atoms with E-state index in [1.165, 1.54) is 38.5 Å². The number of rotatable bonds is 37. The van der Waals surface area contributed by atoms with E-state index in [0.29, 0.717) is 19.3 Å². The Bertz CT molecular complexity index is 1130. The van der Waals surface area contributed by atoms with E-state index in [2.05, 4.69) is 56.4 Å². The molecule has 10 nitrogen and oxygen atoms in total. The first-order chi connectivity index (χ1) is 26.2. The third kappa shape index (κ3) is 37.7. The minimum absolute atomic E-state index is 0.0273. The van der Waals surface area contributed by atoms with Crippen LogP contribution in [0.3, 0.4) is 0 Å². The molecule has 0 heterocycles. The Morgan fingerprint density at radius 1 is 0.667 bits per heavy atom. The Balaban J connectivity index is 4.37. The Kier molecular flexibility index (Phi) is 36.8. The van der Waals surface area contributed by atoms with Gasteiger partial charge in [-0.15, -0.1) is 0 Å². The quantitative estimate of drug-likeness (QED) is 0.0182. The van der Waals surface area contributed by atoms with E-state index in [0.717, 1.165) is 64.2 Å². The van der Waals surface area contributed by atoms with Crippen molar-refractivity contribution < 1.29 is 42.7 Å². The summed E-state index contributed by atoms with van der Waals surface area (Å²) >= 11 is 0. The fraction of sp³-hybridized carbons (Fsp3) is 0.674. The monoisotopic (exact) mass is 780 g/mol. The van der Waals surface area contributed by atoms with E-state index in [4.69, 9.17) is 24.3 Å². The second-order valence-corrected chi connectivity index (χ2v) is 14.8. The highest BCUT2D eigenvalue weighted by Gasteiger charge is 2.26. The summed E-state index contributed by atoms with van der Waals surface area (Å²) in [6.07, 6.45) is 42.5. The lowest BCUT2D eigenvalue weighted by atomic mass is 10.1. The van der Waals surface area contributed by atoms with E-state index in [1.54, 1.807) is 6.08 Å². The van der Waals surface area contributed by atoms with Gasteiger partial charge in [-0.3, -0.25) is 18.6 Å². The molecule has 0 radical (unpaired) electrons. The highest BCUT2D eigenvalue weighted by molar-refractivity contribution is 7.47. The van der Waals surface area contributed by atoms with E-state index < -0.39 is 38.6 Å². The van der Waals surface area contributed by atoms with Crippen LogP contribution in [0.15, 0.2) is 72.9 Å². The van der Waals surface area contributed by atoms with Crippen molar-refractivity contribution in [3.05, 3.63) is 72.9 Å². The standard InChI is InChI=1S/C43H74NO9P/c1-3-5-7-9-11-12-13-14-15-16-17-18-19-20-22-26-30-34-42(46)50-38-41(39-52-54(48,49)51-37-36-44)53-43(47)35-31-27-23-25-29-33-40(45)32-28-24-21-10-8-6-4-2/h6,8,14-15,17-18,20-22,24,28,32,40-41,45H,3-5,7,9-13,16,19,23,25-27,29-31,33-39,44H2,1-2H3,(H,48,49)/b8-6+,15-14-,18-17-,22-20-,24-21+,32-28+/t40?,41-/m1/s1. The minimum atomic E-state index is -4.42. The molecule has 4 N–H and O–H groups in total. The van der Waals surface area contributed by atoms with Crippen LogP contribution in [0.1, 0.15) is 149 Å². The molecule has 0 amide bonds. The van der Waals surface area contributed by atoms with Gasteiger partial charge < -0.3 is 25.2 Å². The normalized spacial score (nSPS) is 14.7. The van der Waals surface area contributed by atoms with Crippen molar-refractivity contribution in [3.8, 4) is 0 Å². The summed E-state index contributed by atoms with van der Waals surface area (Å²) in [5, 5.41) is 10.1. The minimum Gasteiger partial charge on any atom is -0.462 e. The second kappa shape index (κ2) is 38.7. The van der Waals surface area contributed by atoms with Gasteiger partial charge in [0, 0.05) is 19.4 Å². The average molecular weight is 780 g/mol. The summed E-state index contributed by atoms with van der Waals surface area (Å²) in [5.74, 6) is -0.974. The van der Waals surface area contributed by atoms with Crippen LogP contribution in [-0.2, 0) is 32.7 Å². The third-order valence-corrected chi connectivity index (χ3v) is 9.16. The molecule has 0 aromatic carbocycles. The Morgan fingerprint density at radius 2 is 1.26 bits per heavy atom. The van der Waals surface area contributed by atoms with E-state index in [1.807, 2.05) is 24.3 Å². The lowest BCUT2D eigenvalue weighted by Gasteiger charge is -2.19. The van der Waals surface area contributed by atoms with Gasteiger partial charge in [0.1, 0.15) is 6.61 Å². The van der Waals surface area contributed by atoms with Crippen LogP contribution in [0.25, 0.3) is 0 Å². The molecule has 11 heteroatoms. The lowest BCUT2D eigenvalue weighted by molar-refractivity contribution is -0.161. The van der Waals surface area contributed by atoms with E-state index in [-0.39, 0.29) is 32.6 Å². The van der Waals surface area contributed by atoms with Crippen molar-refractivity contribution in [2.24, 2.45) is 5.73 Å². The lowest BCUT2D eigenvalue weighted by Crippen LogP contribution is -2.29. The van der Waals surface area contributed by atoms with Crippen LogP contribution in [0.5, 0.6) is 0 Å². The molecule has 0 spiro atoms. The van der Waals surface area contributed by atoms with Gasteiger partial charge in [0.15, 0.2) is 6.10 Å². The molecule has 2 unspecified atom stereocenters. The number of nitrogens with two attached hydrogens (primary N) is 1. The first kappa shape index (κ1) is 51.4. The Morgan fingerprint density at radius 3 is 1.96 bits per heavy atom. The summed E-state index contributed by atoms with van der Waals surface area (Å²) in [6, 6.07) is 0. The number of carbonyl (C=O) groups excluding carboxylic acids is 2. The molecule has 0 saturated carbocycles. The van der Waals surface area contributed by atoms with Crippen molar-refractivity contribution >= 4 is 19.8 Å². The van der Waals surface area contributed by atoms with E-state index in [9.17, 15) is 24.2 Å². The predicted molar refractivity (Wildman–Crippen MR) is 221 cm³/mol. The number of hydrogen-bond donors (Lipinski definition) is 3. The van der Waals surface area contributed by atoms with Gasteiger partial charge >= 0.3 is 19.8 Å². The second-order valence-electron chi connectivity index (χ2n) is 13.3. The van der Waals surface area contributed by atoms with Gasteiger partial charge in [0.2, 0.25) is 0 Å². The van der Waals surface area contributed by atoms with Crippen molar-refractivity contribution in [2.75, 3.05) is 26.4 Å². The number of aliphatic hydroxyl groups excluding tert-OH is 1. The van der Waals surface area contributed by atoms with Crippen LogP contribution < -0.4 is 5.73 Å². The molecule has 0 aromatic rings. The number of phosphoric acid groups is 1. The maximum absolute atomic E-state index is 12.6. The zero-order valence-corrected chi connectivity index (χ0v) is 34.4. The van der Waals surface area contributed by atoms with Crippen molar-refractivity contribution in [3.63, 3.8) is 0 Å². The molecule has 0 aromatic heterocycles. The number of esters is 2. The van der Waals surface area contributed by atoms with Gasteiger partial charge in [-0.1, -0.05) is 145 Å². The van der Waals surface area contributed by atoms with Gasteiger partial charge in [-0.05, 0) is 64.2 Å². The first-order valence-electron chi connectivity index (χ1n) is 20.5. The van der Waals surface area contributed by atoms with Crippen LogP contribution in [0.2, 0.25) is 0 Å². The fourth-order valence-corrected chi connectivity index (χ4v) is 5.89. The summed E-state index contributed by atoms with van der Waals surface area (Å²) in [4.78, 5) is 34.8. The summed E-state index contributed by atoms with van der Waals surface area (Å²) in [6.45, 7) is 3.40. The van der Waals surface area contributed by atoms with Gasteiger partial charge in [-0.2, -0.15) is 0 Å². The summed E-state index contributed by atoms with van der Waals surface area (Å²) < 4.78 is 32.6. The van der Waals surface area contributed by atoms with Crippen LogP contribution >= 0.6 is 7.82 Å². The van der Waals surface area contributed by atoms with Gasteiger partial charge in [0.25, 0.3) is 0 Å². The molecule has 54 heavy (non-hydrogen) atoms. The zero-order valence-electron chi connectivity index (χ0n) is 33.5. The Hall–Kier alpha value is -2.59. The number of hydrogen-bond acceptors (Lipinski definition) is 9. The highest BCUT2D eigenvalue weighted by Crippen LogP contribution is 2.43. The molecule has 0 bridgehead atoms. The maximum Gasteiger partial charge on any atom is 0.472 e. The SMILES string of the molecule is CC/C=C/C/C=C/C=C/C(O)CCCCCCCC(=O)O[C@H](COC(=O)CCC/C=C\C/C=C\C/C=C\CCCCCCCC)COP(=O)(O)OCCN. The van der Waals surface area contributed by atoms with Crippen LogP contribution in [-0.4, -0.2) is 60.5 Å². The van der Waals surface area contributed by atoms with Gasteiger partial charge in [-0.25, -0.2) is 4.57 Å². The molecule has 0 aliphatic rings. The zero-order chi connectivity index (χ0) is 39.8. The number of unbranched alkanes of at least 4 members (excludes halogenated alkanes) is 11. The maximum atomic E-state index is 12.6. The number of aliphatic hydroxyl groups is 1. The molecule has 0 fully saturated rings. The highest BCUT2D eigenvalue weighted by atomic mass is 31.2. The molecule has 0 rings (SSSR count). The number of ether oxygens (including phenoxy) is 2. The first-order valence-corrected chi connectivity index (χ1v) is 22.0. The largest absolute Gasteiger partial charge is 0.472 e. The van der Waals surface area contributed by atoms with E-state index >= 15 is 0 Å². The molecule has 310 valence electrons. The molecule has 3 atom stereocenters. The summed E-state index contributed by atoms with van der Waals surface area (Å²) in [7, 11) is -4.42. The van der Waals surface area contributed by atoms with Crippen molar-refractivity contribution in [2.45, 2.75) is 161 Å². The molecule has 0 aliphatic carbocycles. The molecular weight excluding hydrogens is 705 g/mol. The molecular formula is C43H74NO9P. The molecule has 0 aliphatic heterocycles. The number of phosphoric ester groups is 1. The third-order valence-electron chi connectivity index (χ3n) is 8.18. The number of carbonyl (C=O) groups is 2. The Labute approximate surface area is 327 Å². The van der Waals surface area contributed by atoms with Crippen molar-refractivity contribution in [1.29, 1.82) is 0 Å². The number of allylic oxidation sites excluding steroid dienone is 11. The summed E-state index contributed by atoms with van der Waals surface area (Å²) in [5.41, 5.74) is 5.33. The topological polar surface area (TPSA) is 155 Å². The van der Waals surface area contributed by atoms with Gasteiger partial charge in [0.05, 0.1) is 19.3 Å². The fourth-order valence-electron chi connectivity index (χ4n) is 5.13. The van der Waals surface area contributed by atoms with Crippen LogP contribution in [0, 0.1) is 0 Å². The van der Waals surface area contributed by atoms with Crippen LogP contribution in [0.4, 0.5) is 0 Å². The smallest absolute Gasteiger partial charge is 0.462 e.